The largest absolute Gasteiger partial charge is 0.465 e. The molecule has 7 nitrogen and oxygen atoms in total. The van der Waals surface area contributed by atoms with Gasteiger partial charge in [-0.25, -0.2) is 4.79 Å². The van der Waals surface area contributed by atoms with Crippen LogP contribution < -0.4 is 10.6 Å². The van der Waals surface area contributed by atoms with Crippen LogP contribution in [0.25, 0.3) is 0 Å². The van der Waals surface area contributed by atoms with Gasteiger partial charge in [-0.3, -0.25) is 14.4 Å². The average molecular weight is 382 g/mol. The lowest BCUT2D eigenvalue weighted by molar-refractivity contribution is -0.135. The summed E-state index contributed by atoms with van der Waals surface area (Å²) in [6, 6.07) is 12.8. The highest BCUT2D eigenvalue weighted by atomic mass is 16.5. The Kier molecular flexibility index (Phi) is 6.30. The normalized spacial score (nSPS) is 10.7. The second-order valence-corrected chi connectivity index (χ2v) is 6.71. The summed E-state index contributed by atoms with van der Waals surface area (Å²) in [5.74, 6) is -1.88. The van der Waals surface area contributed by atoms with Crippen molar-refractivity contribution in [3.05, 3.63) is 59.7 Å². The number of benzene rings is 2. The van der Waals surface area contributed by atoms with Gasteiger partial charge in [-0.15, -0.1) is 0 Å². The molecule has 0 aliphatic carbocycles. The molecule has 0 saturated carbocycles. The maximum absolute atomic E-state index is 12.7. The van der Waals surface area contributed by atoms with E-state index in [1.807, 2.05) is 0 Å². The molecule has 0 aromatic heterocycles. The maximum Gasteiger partial charge on any atom is 0.339 e. The van der Waals surface area contributed by atoms with E-state index in [-0.39, 0.29) is 17.0 Å². The molecule has 0 bridgehead atoms. The number of ketones is 1. The molecule has 0 saturated heterocycles. The van der Waals surface area contributed by atoms with Gasteiger partial charge in [0.05, 0.1) is 18.4 Å². The Bertz CT molecular complexity index is 934. The van der Waals surface area contributed by atoms with Gasteiger partial charge < -0.3 is 15.4 Å². The second kappa shape index (κ2) is 8.47. The molecule has 0 aliphatic rings. The first-order chi connectivity index (χ1) is 13.2. The Balaban J connectivity index is 2.19. The molecule has 7 heteroatoms. The molecule has 0 aliphatic heterocycles. The SMILES string of the molecule is COC(=O)c1ccccc1NC(=O)C(C)(C)C(=O)Nc1cccc(C(C)=O)c1. The number of amides is 2. The minimum atomic E-state index is -1.45. The van der Waals surface area contributed by atoms with Crippen LogP contribution in [0.5, 0.6) is 0 Å². The first-order valence-electron chi connectivity index (χ1n) is 8.58. The predicted octanol–water partition coefficient (Wildman–Crippen LogP) is 3.28. The van der Waals surface area contributed by atoms with Crippen molar-refractivity contribution < 1.29 is 23.9 Å². The van der Waals surface area contributed by atoms with Crippen molar-refractivity contribution in [3.63, 3.8) is 0 Å². The second-order valence-electron chi connectivity index (χ2n) is 6.71. The Morgan fingerprint density at radius 2 is 1.54 bits per heavy atom. The van der Waals surface area contributed by atoms with Crippen LogP contribution in [-0.4, -0.2) is 30.7 Å². The van der Waals surface area contributed by atoms with Gasteiger partial charge in [0, 0.05) is 11.3 Å². The minimum Gasteiger partial charge on any atom is -0.465 e. The molecule has 2 aromatic rings. The zero-order valence-corrected chi connectivity index (χ0v) is 16.2. The van der Waals surface area contributed by atoms with Crippen LogP contribution in [0.2, 0.25) is 0 Å². The summed E-state index contributed by atoms with van der Waals surface area (Å²) in [7, 11) is 1.24. The van der Waals surface area contributed by atoms with Crippen molar-refractivity contribution in [2.75, 3.05) is 17.7 Å². The zero-order valence-electron chi connectivity index (χ0n) is 16.2. The van der Waals surface area contributed by atoms with E-state index in [9.17, 15) is 19.2 Å². The van der Waals surface area contributed by atoms with Crippen molar-refractivity contribution in [1.29, 1.82) is 0 Å². The minimum absolute atomic E-state index is 0.132. The van der Waals surface area contributed by atoms with Crippen molar-refractivity contribution in [1.82, 2.24) is 0 Å². The van der Waals surface area contributed by atoms with Gasteiger partial charge in [0.1, 0.15) is 5.41 Å². The molecule has 0 unspecified atom stereocenters. The third-order valence-electron chi connectivity index (χ3n) is 4.24. The molecule has 2 aromatic carbocycles. The molecule has 28 heavy (non-hydrogen) atoms. The van der Waals surface area contributed by atoms with Gasteiger partial charge in [0.15, 0.2) is 5.78 Å². The number of para-hydroxylation sites is 1. The Labute approximate surface area is 163 Å². The summed E-state index contributed by atoms with van der Waals surface area (Å²) in [5.41, 5.74) is -0.154. The van der Waals surface area contributed by atoms with Crippen molar-refractivity contribution in [2.24, 2.45) is 5.41 Å². The van der Waals surface area contributed by atoms with Gasteiger partial charge in [0.25, 0.3) is 0 Å². The fourth-order valence-corrected chi connectivity index (χ4v) is 2.37. The summed E-state index contributed by atoms with van der Waals surface area (Å²) in [4.78, 5) is 48.7. The van der Waals surface area contributed by atoms with Crippen molar-refractivity contribution in [3.8, 4) is 0 Å². The van der Waals surface area contributed by atoms with Crippen molar-refractivity contribution >= 4 is 34.9 Å². The highest BCUT2D eigenvalue weighted by molar-refractivity contribution is 6.15. The molecular weight excluding hydrogens is 360 g/mol. The van der Waals surface area contributed by atoms with E-state index in [2.05, 4.69) is 10.6 Å². The molecule has 2 N–H and O–H groups in total. The number of hydrogen-bond acceptors (Lipinski definition) is 5. The lowest BCUT2D eigenvalue weighted by Crippen LogP contribution is -2.41. The lowest BCUT2D eigenvalue weighted by Gasteiger charge is -2.23. The quantitative estimate of drug-likeness (QED) is 0.454. The number of esters is 1. The Morgan fingerprint density at radius 3 is 2.18 bits per heavy atom. The monoisotopic (exact) mass is 382 g/mol. The average Bonchev–Trinajstić information content (AvgIpc) is 2.67. The van der Waals surface area contributed by atoms with Crippen LogP contribution in [0.1, 0.15) is 41.5 Å². The summed E-state index contributed by atoms with van der Waals surface area (Å²) in [6.07, 6.45) is 0. The molecule has 146 valence electrons. The molecule has 0 radical (unpaired) electrons. The lowest BCUT2D eigenvalue weighted by atomic mass is 9.90. The van der Waals surface area contributed by atoms with E-state index < -0.39 is 23.2 Å². The molecule has 2 amide bonds. The topological polar surface area (TPSA) is 102 Å². The van der Waals surface area contributed by atoms with Gasteiger partial charge >= 0.3 is 5.97 Å². The van der Waals surface area contributed by atoms with E-state index in [1.165, 1.54) is 33.9 Å². The zero-order chi connectivity index (χ0) is 20.9. The number of methoxy groups -OCH3 is 1. The van der Waals surface area contributed by atoms with Gasteiger partial charge in [-0.05, 0) is 45.0 Å². The number of Topliss-reactive ketones (excluding diaryl/α,β-unsaturated/α-hetero) is 1. The van der Waals surface area contributed by atoms with E-state index >= 15 is 0 Å². The number of ether oxygens (including phenoxy) is 1. The number of carbonyl (C=O) groups is 4. The highest BCUT2D eigenvalue weighted by Crippen LogP contribution is 2.24. The third kappa shape index (κ3) is 4.62. The van der Waals surface area contributed by atoms with Crippen LogP contribution in [0.15, 0.2) is 48.5 Å². The molecule has 2 rings (SSSR count). The first kappa shape index (κ1) is 20.8. The number of anilines is 2. The van der Waals surface area contributed by atoms with Crippen LogP contribution in [0, 0.1) is 5.41 Å². The van der Waals surface area contributed by atoms with Crippen molar-refractivity contribution in [2.45, 2.75) is 20.8 Å². The smallest absolute Gasteiger partial charge is 0.339 e. The predicted molar refractivity (Wildman–Crippen MR) is 105 cm³/mol. The van der Waals surface area contributed by atoms with E-state index in [1.54, 1.807) is 42.5 Å². The molecule has 0 spiro atoms. The van der Waals surface area contributed by atoms with Crippen LogP contribution in [0.4, 0.5) is 11.4 Å². The third-order valence-corrected chi connectivity index (χ3v) is 4.24. The van der Waals surface area contributed by atoms with Gasteiger partial charge in [-0.1, -0.05) is 24.3 Å². The van der Waals surface area contributed by atoms with Crippen LogP contribution in [0.3, 0.4) is 0 Å². The van der Waals surface area contributed by atoms with Gasteiger partial charge in [0.2, 0.25) is 11.8 Å². The Morgan fingerprint density at radius 1 is 0.893 bits per heavy atom. The van der Waals surface area contributed by atoms with Crippen LogP contribution >= 0.6 is 0 Å². The van der Waals surface area contributed by atoms with Gasteiger partial charge in [-0.2, -0.15) is 0 Å². The highest BCUT2D eigenvalue weighted by Gasteiger charge is 2.36. The van der Waals surface area contributed by atoms with Crippen LogP contribution in [-0.2, 0) is 14.3 Å². The maximum atomic E-state index is 12.7. The molecule has 0 heterocycles. The fraction of sp³-hybridized carbons (Fsp3) is 0.238. The summed E-state index contributed by atoms with van der Waals surface area (Å²) >= 11 is 0. The molecular formula is C21H22N2O5. The number of carbonyl (C=O) groups excluding carboxylic acids is 4. The summed E-state index contributed by atoms with van der Waals surface area (Å²) in [5, 5.41) is 5.26. The summed E-state index contributed by atoms with van der Waals surface area (Å²) < 4.78 is 4.70. The summed E-state index contributed by atoms with van der Waals surface area (Å²) in [6.45, 7) is 4.36. The fourth-order valence-electron chi connectivity index (χ4n) is 2.37. The standard InChI is InChI=1S/C21H22N2O5/c1-13(24)14-8-7-9-15(12-14)22-19(26)21(2,3)20(27)23-17-11-6-5-10-16(17)18(25)28-4/h5-12H,1-4H3,(H,22,26)(H,23,27). The Hall–Kier alpha value is -3.48. The van der Waals surface area contributed by atoms with E-state index in [0.717, 1.165) is 0 Å². The van der Waals surface area contributed by atoms with E-state index in [0.29, 0.717) is 11.3 Å². The number of rotatable bonds is 6. The number of nitrogens with one attached hydrogen (secondary N) is 2. The molecule has 0 fully saturated rings. The number of hydrogen-bond donors (Lipinski definition) is 2. The molecule has 0 atom stereocenters. The first-order valence-corrected chi connectivity index (χ1v) is 8.58. The van der Waals surface area contributed by atoms with E-state index in [4.69, 9.17) is 4.74 Å².